The zero-order valence-electron chi connectivity index (χ0n) is 15.0. The summed E-state index contributed by atoms with van der Waals surface area (Å²) in [6, 6.07) is 15.1. The fourth-order valence-electron chi connectivity index (χ4n) is 3.85. The molecule has 28 heavy (non-hydrogen) atoms. The summed E-state index contributed by atoms with van der Waals surface area (Å²) in [5.41, 5.74) is 5.99. The second-order valence-electron chi connectivity index (χ2n) is 7.03. The van der Waals surface area contributed by atoms with Gasteiger partial charge in [-0.15, -0.1) is 0 Å². The highest BCUT2D eigenvalue weighted by molar-refractivity contribution is 5.84. The normalized spacial score (nSPS) is 22.3. The van der Waals surface area contributed by atoms with Crippen LogP contribution in [0.5, 0.6) is 11.5 Å². The van der Waals surface area contributed by atoms with Crippen molar-refractivity contribution in [2.24, 2.45) is 0 Å². The lowest BCUT2D eigenvalue weighted by atomic mass is 10.00. The highest BCUT2D eigenvalue weighted by Crippen LogP contribution is 2.37. The first-order valence-electron chi connectivity index (χ1n) is 9.13. The maximum Gasteiger partial charge on any atom is 0.251 e. The van der Waals surface area contributed by atoms with Gasteiger partial charge in [0.1, 0.15) is 6.04 Å². The number of carbonyl (C=O) groups excluding carboxylic acids is 1. The predicted octanol–water partition coefficient (Wildman–Crippen LogP) is 2.42. The fourth-order valence-corrected chi connectivity index (χ4v) is 3.85. The van der Waals surface area contributed by atoms with Crippen LogP contribution in [0.4, 0.5) is 0 Å². The van der Waals surface area contributed by atoms with Gasteiger partial charge in [0.2, 0.25) is 6.79 Å². The van der Waals surface area contributed by atoms with Crippen molar-refractivity contribution in [3.05, 3.63) is 71.6 Å². The van der Waals surface area contributed by atoms with Crippen LogP contribution in [0.2, 0.25) is 0 Å². The molecule has 7 heteroatoms. The molecule has 0 spiro atoms. The number of nitriles is 1. The smallest absolute Gasteiger partial charge is 0.251 e. The first-order valence-corrected chi connectivity index (χ1v) is 9.13. The molecule has 1 fully saturated rings. The van der Waals surface area contributed by atoms with Gasteiger partial charge in [0, 0.05) is 12.4 Å². The lowest BCUT2D eigenvalue weighted by molar-refractivity contribution is -0.134. The first-order chi connectivity index (χ1) is 13.7. The monoisotopic (exact) mass is 374 g/mol. The van der Waals surface area contributed by atoms with E-state index in [1.807, 2.05) is 47.6 Å². The van der Waals surface area contributed by atoms with E-state index in [4.69, 9.17) is 14.7 Å². The topological polar surface area (TPSA) is 77.8 Å². The summed E-state index contributed by atoms with van der Waals surface area (Å²) in [7, 11) is 0. The maximum atomic E-state index is 13.0. The van der Waals surface area contributed by atoms with Gasteiger partial charge in [-0.25, -0.2) is 5.43 Å². The summed E-state index contributed by atoms with van der Waals surface area (Å²) in [6.45, 7) is 0.693. The average molecular weight is 374 g/mol. The molecule has 0 aromatic heterocycles. The van der Waals surface area contributed by atoms with Crippen LogP contribution in [0.3, 0.4) is 0 Å². The fraction of sp³-hybridized carbons (Fsp3) is 0.238. The van der Waals surface area contributed by atoms with Gasteiger partial charge in [-0.05, 0) is 41.8 Å². The number of amides is 1. The van der Waals surface area contributed by atoms with Crippen LogP contribution in [0.15, 0.2) is 54.9 Å². The van der Waals surface area contributed by atoms with Crippen LogP contribution >= 0.6 is 0 Å². The van der Waals surface area contributed by atoms with Crippen molar-refractivity contribution < 1.29 is 14.3 Å². The number of ether oxygens (including phenoxy) is 2. The average Bonchev–Trinajstić information content (AvgIpc) is 3.37. The van der Waals surface area contributed by atoms with Crippen molar-refractivity contribution in [1.82, 2.24) is 15.3 Å². The third-order valence-electron chi connectivity index (χ3n) is 5.28. The number of carbonyl (C=O) groups is 1. The Labute approximate surface area is 162 Å². The summed E-state index contributed by atoms with van der Waals surface area (Å²) in [4.78, 5) is 14.7. The molecule has 5 rings (SSSR count). The number of hydrazine groups is 1. The SMILES string of the molecule is N#Cc1cccc(CN2C=CN3NC(c4ccc5c(c4)OCO5)CC3C2=O)c1. The van der Waals surface area contributed by atoms with Crippen molar-refractivity contribution in [1.29, 1.82) is 5.26 Å². The molecule has 7 nitrogen and oxygen atoms in total. The zero-order chi connectivity index (χ0) is 19.1. The molecule has 0 bridgehead atoms. The standard InChI is InChI=1S/C21H18N4O3/c22-11-14-2-1-3-15(8-14)12-24-6-7-25-18(21(24)26)10-17(23-25)16-4-5-19-20(9-16)28-13-27-19/h1-9,17-18,23H,10,12-13H2. The van der Waals surface area contributed by atoms with Crippen molar-refractivity contribution in [3.63, 3.8) is 0 Å². The van der Waals surface area contributed by atoms with E-state index in [-0.39, 0.29) is 24.8 Å². The summed E-state index contributed by atoms with van der Waals surface area (Å²) >= 11 is 0. The Morgan fingerprint density at radius 3 is 2.93 bits per heavy atom. The van der Waals surface area contributed by atoms with E-state index in [0.717, 1.165) is 22.6 Å². The van der Waals surface area contributed by atoms with Gasteiger partial charge < -0.3 is 19.4 Å². The first kappa shape index (κ1) is 16.7. The summed E-state index contributed by atoms with van der Waals surface area (Å²) in [5.74, 6) is 1.53. The minimum atomic E-state index is -0.264. The molecule has 2 aromatic rings. The van der Waals surface area contributed by atoms with Gasteiger partial charge in [-0.2, -0.15) is 5.26 Å². The van der Waals surface area contributed by atoms with Gasteiger partial charge in [0.05, 0.1) is 24.2 Å². The van der Waals surface area contributed by atoms with Crippen molar-refractivity contribution in [2.45, 2.75) is 25.0 Å². The third-order valence-corrected chi connectivity index (χ3v) is 5.28. The molecule has 3 aliphatic heterocycles. The summed E-state index contributed by atoms with van der Waals surface area (Å²) < 4.78 is 10.8. The largest absolute Gasteiger partial charge is 0.454 e. The third kappa shape index (κ3) is 2.84. The molecule has 0 radical (unpaired) electrons. The van der Waals surface area contributed by atoms with Gasteiger partial charge in [-0.3, -0.25) is 4.79 Å². The second kappa shape index (κ2) is 6.59. The van der Waals surface area contributed by atoms with E-state index < -0.39 is 0 Å². The van der Waals surface area contributed by atoms with Crippen LogP contribution in [0.1, 0.15) is 29.2 Å². The minimum absolute atomic E-state index is 0.0231. The number of benzene rings is 2. The molecule has 0 aliphatic carbocycles. The van der Waals surface area contributed by atoms with E-state index in [0.29, 0.717) is 18.5 Å². The van der Waals surface area contributed by atoms with Crippen LogP contribution in [0.25, 0.3) is 0 Å². The number of rotatable bonds is 3. The van der Waals surface area contributed by atoms with E-state index >= 15 is 0 Å². The molecule has 3 aliphatic rings. The van der Waals surface area contributed by atoms with E-state index in [1.54, 1.807) is 17.2 Å². The van der Waals surface area contributed by atoms with Crippen molar-refractivity contribution in [2.75, 3.05) is 6.79 Å². The number of nitrogens with zero attached hydrogens (tertiary/aromatic N) is 3. The van der Waals surface area contributed by atoms with E-state index in [1.165, 1.54) is 0 Å². The van der Waals surface area contributed by atoms with E-state index in [9.17, 15) is 4.79 Å². The Bertz CT molecular complexity index is 1010. The molecule has 140 valence electrons. The predicted molar refractivity (Wildman–Crippen MR) is 99.5 cm³/mol. The Morgan fingerprint density at radius 1 is 1.14 bits per heavy atom. The van der Waals surface area contributed by atoms with Crippen molar-refractivity contribution in [3.8, 4) is 17.6 Å². The number of nitrogens with one attached hydrogen (secondary N) is 1. The molecular formula is C21H18N4O3. The molecule has 2 aromatic carbocycles. The van der Waals surface area contributed by atoms with Crippen LogP contribution in [0, 0.1) is 11.3 Å². The lowest BCUT2D eigenvalue weighted by Gasteiger charge is -2.31. The van der Waals surface area contributed by atoms with Crippen LogP contribution < -0.4 is 14.9 Å². The Hall–Kier alpha value is -3.50. The Kier molecular flexibility index (Phi) is 3.92. The molecule has 1 amide bonds. The highest BCUT2D eigenvalue weighted by atomic mass is 16.7. The Balaban J connectivity index is 1.32. The summed E-state index contributed by atoms with van der Waals surface area (Å²) in [5, 5.41) is 10.9. The molecule has 1 saturated heterocycles. The van der Waals surface area contributed by atoms with Crippen LogP contribution in [-0.2, 0) is 11.3 Å². The number of hydrogen-bond acceptors (Lipinski definition) is 6. The molecular weight excluding hydrogens is 356 g/mol. The zero-order valence-corrected chi connectivity index (χ0v) is 15.0. The van der Waals surface area contributed by atoms with Gasteiger partial charge in [-0.1, -0.05) is 18.2 Å². The maximum absolute atomic E-state index is 13.0. The highest BCUT2D eigenvalue weighted by Gasteiger charge is 2.40. The number of fused-ring (bicyclic) bond motifs is 2. The van der Waals surface area contributed by atoms with Crippen molar-refractivity contribution >= 4 is 5.91 Å². The molecule has 2 atom stereocenters. The molecule has 2 unspecified atom stereocenters. The minimum Gasteiger partial charge on any atom is -0.454 e. The number of hydrogen-bond donors (Lipinski definition) is 1. The Morgan fingerprint density at radius 2 is 2.04 bits per heavy atom. The van der Waals surface area contributed by atoms with E-state index in [2.05, 4.69) is 11.5 Å². The lowest BCUT2D eigenvalue weighted by Crippen LogP contribution is -2.47. The van der Waals surface area contributed by atoms with Crippen LogP contribution in [-0.4, -0.2) is 28.7 Å². The molecule has 0 saturated carbocycles. The summed E-state index contributed by atoms with van der Waals surface area (Å²) in [6.07, 6.45) is 4.34. The second-order valence-corrected chi connectivity index (χ2v) is 7.03. The van der Waals surface area contributed by atoms with Gasteiger partial charge in [0.15, 0.2) is 11.5 Å². The van der Waals surface area contributed by atoms with Gasteiger partial charge >= 0.3 is 0 Å². The molecule has 1 N–H and O–H groups in total. The van der Waals surface area contributed by atoms with Gasteiger partial charge in [0.25, 0.3) is 5.91 Å². The quantitative estimate of drug-likeness (QED) is 0.889. The molecule has 3 heterocycles.